The second-order valence-corrected chi connectivity index (χ2v) is 8.05. The number of carbonyl (C=O) groups is 1. The zero-order chi connectivity index (χ0) is 21.9. The number of amides is 1. The molecule has 2 N–H and O–H groups in total. The second kappa shape index (κ2) is 8.94. The Morgan fingerprint density at radius 3 is 2.59 bits per heavy atom. The summed E-state index contributed by atoms with van der Waals surface area (Å²) in [6.45, 7) is 5.22. The molecule has 2 aromatic carbocycles. The van der Waals surface area contributed by atoms with Crippen LogP contribution in [0.4, 0.5) is 5.69 Å². The molecule has 1 amide bonds. The molecule has 2 aromatic heterocycles. The second-order valence-electron chi connectivity index (χ2n) is 8.05. The molecular formula is C26H26N4O2. The van der Waals surface area contributed by atoms with Crippen molar-refractivity contribution in [3.8, 4) is 0 Å². The van der Waals surface area contributed by atoms with Crippen LogP contribution in [0.3, 0.4) is 0 Å². The van der Waals surface area contributed by atoms with Crippen molar-refractivity contribution in [3.05, 3.63) is 95.4 Å². The SMILES string of the molecule is Cc1[nH]c2ccc(NC(=O)c3ccccc3)cc2c1[C@@H](c1ccccn1)N1CCOCC1. The summed E-state index contributed by atoms with van der Waals surface area (Å²) in [5.41, 5.74) is 5.76. The van der Waals surface area contributed by atoms with Crippen molar-refractivity contribution in [2.45, 2.75) is 13.0 Å². The molecule has 0 aliphatic carbocycles. The minimum atomic E-state index is -0.117. The van der Waals surface area contributed by atoms with Gasteiger partial charge in [0.15, 0.2) is 0 Å². The minimum absolute atomic E-state index is 0.00826. The Hall–Kier alpha value is -3.48. The monoisotopic (exact) mass is 426 g/mol. The Bertz CT molecular complexity index is 1210. The van der Waals surface area contributed by atoms with Gasteiger partial charge < -0.3 is 15.0 Å². The number of aromatic nitrogens is 2. The molecule has 0 bridgehead atoms. The fraction of sp³-hybridized carbons (Fsp3) is 0.231. The van der Waals surface area contributed by atoms with E-state index in [1.54, 1.807) is 0 Å². The van der Waals surface area contributed by atoms with E-state index in [0.29, 0.717) is 18.8 Å². The number of hydrogen-bond donors (Lipinski definition) is 2. The number of H-pyrrole nitrogens is 1. The maximum Gasteiger partial charge on any atom is 0.255 e. The zero-order valence-corrected chi connectivity index (χ0v) is 18.0. The lowest BCUT2D eigenvalue weighted by atomic mass is 9.97. The van der Waals surface area contributed by atoms with Gasteiger partial charge in [-0.1, -0.05) is 24.3 Å². The highest BCUT2D eigenvalue weighted by Gasteiger charge is 2.29. The number of ether oxygens (including phenoxy) is 1. The molecule has 0 spiro atoms. The van der Waals surface area contributed by atoms with Gasteiger partial charge in [0.2, 0.25) is 0 Å². The molecule has 1 fully saturated rings. The van der Waals surface area contributed by atoms with Gasteiger partial charge in [-0.25, -0.2) is 0 Å². The van der Waals surface area contributed by atoms with Crippen LogP contribution >= 0.6 is 0 Å². The Morgan fingerprint density at radius 2 is 1.84 bits per heavy atom. The predicted molar refractivity (Wildman–Crippen MR) is 126 cm³/mol. The van der Waals surface area contributed by atoms with Crippen LogP contribution in [-0.2, 0) is 4.74 Å². The first-order valence-corrected chi connectivity index (χ1v) is 10.9. The quantitative estimate of drug-likeness (QED) is 0.491. The van der Waals surface area contributed by atoms with E-state index in [-0.39, 0.29) is 11.9 Å². The summed E-state index contributed by atoms with van der Waals surface area (Å²) in [7, 11) is 0. The van der Waals surface area contributed by atoms with E-state index in [9.17, 15) is 4.79 Å². The molecule has 0 saturated carbocycles. The molecule has 6 nitrogen and oxygen atoms in total. The van der Waals surface area contributed by atoms with E-state index >= 15 is 0 Å². The molecule has 0 unspecified atom stereocenters. The number of aryl methyl sites for hydroxylation is 1. The van der Waals surface area contributed by atoms with Gasteiger partial charge in [0.25, 0.3) is 5.91 Å². The largest absolute Gasteiger partial charge is 0.379 e. The van der Waals surface area contributed by atoms with Crippen LogP contribution in [0.1, 0.15) is 33.4 Å². The standard InChI is InChI=1S/C26H26N4O2/c1-18-24(25(23-9-5-6-12-27-23)30-13-15-32-16-14-30)21-17-20(10-11-22(21)28-18)29-26(31)19-7-3-2-4-8-19/h2-12,17,25,28H,13-16H2,1H3,(H,29,31)/t25-/m1/s1. The topological polar surface area (TPSA) is 70.2 Å². The van der Waals surface area contributed by atoms with Gasteiger partial charge in [0.05, 0.1) is 24.9 Å². The minimum Gasteiger partial charge on any atom is -0.379 e. The highest BCUT2D eigenvalue weighted by Crippen LogP contribution is 2.36. The first-order chi connectivity index (χ1) is 15.7. The molecule has 1 saturated heterocycles. The molecule has 1 aliphatic rings. The summed E-state index contributed by atoms with van der Waals surface area (Å²) in [5, 5.41) is 4.14. The Kier molecular flexibility index (Phi) is 5.71. The first kappa shape index (κ1) is 20.4. The number of rotatable bonds is 5. The maximum absolute atomic E-state index is 12.7. The fourth-order valence-electron chi connectivity index (χ4n) is 4.46. The van der Waals surface area contributed by atoms with E-state index in [1.807, 2.05) is 60.8 Å². The average Bonchev–Trinajstić information content (AvgIpc) is 3.16. The van der Waals surface area contributed by atoms with Crippen molar-refractivity contribution in [1.29, 1.82) is 0 Å². The number of nitrogens with zero attached hydrogens (tertiary/aromatic N) is 2. The molecule has 6 heteroatoms. The summed E-state index contributed by atoms with van der Waals surface area (Å²) in [6, 6.07) is 21.4. The number of anilines is 1. The molecule has 5 rings (SSSR count). The van der Waals surface area contributed by atoms with Crippen molar-refractivity contribution in [2.75, 3.05) is 31.6 Å². The number of carbonyl (C=O) groups excluding carboxylic acids is 1. The van der Waals surface area contributed by atoms with Crippen molar-refractivity contribution in [1.82, 2.24) is 14.9 Å². The van der Waals surface area contributed by atoms with Crippen LogP contribution in [0.25, 0.3) is 10.9 Å². The Labute approximate surface area is 187 Å². The number of morpholine rings is 1. The number of aromatic amines is 1. The van der Waals surface area contributed by atoms with Crippen LogP contribution < -0.4 is 5.32 Å². The van der Waals surface area contributed by atoms with E-state index in [0.717, 1.165) is 41.1 Å². The van der Waals surface area contributed by atoms with Gasteiger partial charge in [-0.05, 0) is 49.4 Å². The normalized spacial score (nSPS) is 15.5. The zero-order valence-electron chi connectivity index (χ0n) is 18.0. The predicted octanol–water partition coefficient (Wildman–Crippen LogP) is 4.55. The van der Waals surface area contributed by atoms with Gasteiger partial charge in [0.1, 0.15) is 0 Å². The average molecular weight is 427 g/mol. The summed E-state index contributed by atoms with van der Waals surface area (Å²) < 4.78 is 5.61. The number of fused-ring (bicyclic) bond motifs is 1. The van der Waals surface area contributed by atoms with E-state index < -0.39 is 0 Å². The lowest BCUT2D eigenvalue weighted by molar-refractivity contribution is 0.0234. The van der Waals surface area contributed by atoms with Crippen molar-refractivity contribution in [2.24, 2.45) is 0 Å². The number of nitrogens with one attached hydrogen (secondary N) is 2. The third kappa shape index (κ3) is 4.02. The van der Waals surface area contributed by atoms with Crippen LogP contribution in [0.5, 0.6) is 0 Å². The molecular weight excluding hydrogens is 400 g/mol. The summed E-state index contributed by atoms with van der Waals surface area (Å²) in [5.74, 6) is -0.117. The number of benzene rings is 2. The molecule has 0 radical (unpaired) electrons. The van der Waals surface area contributed by atoms with Crippen molar-refractivity contribution < 1.29 is 9.53 Å². The number of hydrogen-bond acceptors (Lipinski definition) is 4. The Morgan fingerprint density at radius 1 is 1.06 bits per heavy atom. The smallest absolute Gasteiger partial charge is 0.255 e. The molecule has 162 valence electrons. The number of pyridine rings is 1. The lowest BCUT2D eigenvalue weighted by Gasteiger charge is -2.34. The van der Waals surface area contributed by atoms with Gasteiger partial charge >= 0.3 is 0 Å². The lowest BCUT2D eigenvalue weighted by Crippen LogP contribution is -2.40. The molecule has 1 atom stereocenters. The first-order valence-electron chi connectivity index (χ1n) is 10.9. The van der Waals surface area contributed by atoms with Crippen LogP contribution in [-0.4, -0.2) is 47.1 Å². The van der Waals surface area contributed by atoms with E-state index in [1.165, 1.54) is 5.56 Å². The van der Waals surface area contributed by atoms with Crippen molar-refractivity contribution in [3.63, 3.8) is 0 Å². The summed E-state index contributed by atoms with van der Waals surface area (Å²) in [4.78, 5) is 23.4. The highest BCUT2D eigenvalue weighted by molar-refractivity contribution is 6.05. The maximum atomic E-state index is 12.7. The van der Waals surface area contributed by atoms with Gasteiger partial charge in [-0.2, -0.15) is 0 Å². The third-order valence-corrected chi connectivity index (χ3v) is 5.98. The molecule has 4 aromatic rings. The highest BCUT2D eigenvalue weighted by atomic mass is 16.5. The molecule has 3 heterocycles. The van der Waals surface area contributed by atoms with Crippen LogP contribution in [0, 0.1) is 6.92 Å². The van der Waals surface area contributed by atoms with Gasteiger partial charge in [0, 0.05) is 52.7 Å². The van der Waals surface area contributed by atoms with E-state index in [2.05, 4.69) is 34.3 Å². The van der Waals surface area contributed by atoms with Gasteiger partial charge in [-0.3, -0.25) is 14.7 Å². The molecule has 32 heavy (non-hydrogen) atoms. The Balaban J connectivity index is 1.56. The molecule has 1 aliphatic heterocycles. The summed E-state index contributed by atoms with van der Waals surface area (Å²) in [6.07, 6.45) is 1.85. The van der Waals surface area contributed by atoms with E-state index in [4.69, 9.17) is 9.72 Å². The summed E-state index contributed by atoms with van der Waals surface area (Å²) >= 11 is 0. The van der Waals surface area contributed by atoms with Gasteiger partial charge in [-0.15, -0.1) is 0 Å². The third-order valence-electron chi connectivity index (χ3n) is 5.98. The van der Waals surface area contributed by atoms with Crippen LogP contribution in [0.2, 0.25) is 0 Å². The van der Waals surface area contributed by atoms with Crippen molar-refractivity contribution >= 4 is 22.5 Å². The van der Waals surface area contributed by atoms with Crippen LogP contribution in [0.15, 0.2) is 72.9 Å². The fourth-order valence-corrected chi connectivity index (χ4v) is 4.46.